The molecular formula is C21H39NO2. The number of hydrogen-bond acceptors (Lipinski definition) is 3. The van der Waals surface area contributed by atoms with Crippen LogP contribution in [0.15, 0.2) is 0 Å². The lowest BCUT2D eigenvalue weighted by molar-refractivity contribution is -0.102. The second-order valence-corrected chi connectivity index (χ2v) is 9.65. The number of nitrogens with two attached hydrogens (primary N) is 1. The third-order valence-corrected chi connectivity index (χ3v) is 8.97. The second-order valence-electron chi connectivity index (χ2n) is 9.65. The van der Waals surface area contributed by atoms with E-state index in [9.17, 15) is 10.2 Å². The van der Waals surface area contributed by atoms with Crippen LogP contribution in [-0.4, -0.2) is 29.5 Å². The van der Waals surface area contributed by atoms with Crippen LogP contribution in [0.25, 0.3) is 0 Å². The van der Waals surface area contributed by atoms with Gasteiger partial charge in [-0.25, -0.2) is 0 Å². The van der Waals surface area contributed by atoms with Crippen LogP contribution in [0.5, 0.6) is 0 Å². The third kappa shape index (κ3) is 2.75. The van der Waals surface area contributed by atoms with Crippen molar-refractivity contribution in [2.75, 3.05) is 13.2 Å². The number of fused-ring (bicyclic) bond motifs is 1. The average Bonchev–Trinajstić information content (AvgIpc) is 2.92. The molecule has 0 aliphatic heterocycles. The van der Waals surface area contributed by atoms with E-state index in [2.05, 4.69) is 20.8 Å². The van der Waals surface area contributed by atoms with Crippen molar-refractivity contribution in [2.45, 2.75) is 78.2 Å². The van der Waals surface area contributed by atoms with Gasteiger partial charge in [0, 0.05) is 6.61 Å². The van der Waals surface area contributed by atoms with Gasteiger partial charge < -0.3 is 15.9 Å². The zero-order chi connectivity index (χ0) is 17.5. The molecule has 1 unspecified atom stereocenters. The highest BCUT2D eigenvalue weighted by molar-refractivity contribution is 5.07. The Balaban J connectivity index is 1.87. The van der Waals surface area contributed by atoms with Crippen LogP contribution >= 0.6 is 0 Å². The summed E-state index contributed by atoms with van der Waals surface area (Å²) in [7, 11) is 0. The fourth-order valence-corrected chi connectivity index (χ4v) is 7.38. The van der Waals surface area contributed by atoms with Crippen molar-refractivity contribution in [3.05, 3.63) is 0 Å². The molecule has 3 rings (SSSR count). The normalized spacial score (nSPS) is 52.2. The van der Waals surface area contributed by atoms with E-state index >= 15 is 0 Å². The van der Waals surface area contributed by atoms with Gasteiger partial charge in [-0.05, 0) is 91.9 Å². The molecule has 0 spiro atoms. The minimum absolute atomic E-state index is 0.143. The Morgan fingerprint density at radius 1 is 0.958 bits per heavy atom. The van der Waals surface area contributed by atoms with Gasteiger partial charge in [0.05, 0.1) is 6.10 Å². The highest BCUT2D eigenvalue weighted by Gasteiger charge is 2.57. The van der Waals surface area contributed by atoms with E-state index < -0.39 is 0 Å². The van der Waals surface area contributed by atoms with E-state index in [1.165, 1.54) is 32.1 Å². The number of rotatable bonds is 4. The molecule has 3 nitrogen and oxygen atoms in total. The minimum atomic E-state index is -0.226. The molecule has 3 saturated carbocycles. The molecule has 0 bridgehead atoms. The third-order valence-electron chi connectivity index (χ3n) is 8.97. The quantitative estimate of drug-likeness (QED) is 0.734. The van der Waals surface area contributed by atoms with Crippen molar-refractivity contribution in [1.82, 2.24) is 0 Å². The Morgan fingerprint density at radius 3 is 2.21 bits per heavy atom. The lowest BCUT2D eigenvalue weighted by atomic mass is 9.48. The summed E-state index contributed by atoms with van der Waals surface area (Å²) < 4.78 is 0. The first-order valence-corrected chi connectivity index (χ1v) is 10.4. The Kier molecular flexibility index (Phi) is 5.36. The van der Waals surface area contributed by atoms with Crippen LogP contribution in [-0.2, 0) is 0 Å². The molecule has 0 aromatic rings. The number of hydrogen-bond donors (Lipinski definition) is 3. The Bertz CT molecular complexity index is 442. The molecule has 3 heteroatoms. The van der Waals surface area contributed by atoms with Crippen molar-refractivity contribution < 1.29 is 10.2 Å². The fourth-order valence-electron chi connectivity index (χ4n) is 7.38. The van der Waals surface area contributed by atoms with Gasteiger partial charge in [-0.3, -0.25) is 0 Å². The van der Waals surface area contributed by atoms with Gasteiger partial charge >= 0.3 is 0 Å². The molecule has 3 fully saturated rings. The summed E-state index contributed by atoms with van der Waals surface area (Å²) in [5, 5.41) is 20.1. The molecule has 3 aliphatic carbocycles. The highest BCUT2D eigenvalue weighted by Crippen LogP contribution is 2.64. The maximum Gasteiger partial charge on any atom is 0.0544 e. The number of aliphatic hydroxyl groups excluding tert-OH is 2. The van der Waals surface area contributed by atoms with E-state index in [0.717, 1.165) is 37.6 Å². The molecule has 0 saturated heterocycles. The SMILES string of the molecule is CCC1CC[C@H]2[C@@H](CN)[C@@H]([C@@]3(C)CC[C@H](O)C[C@@H]3CO)CC[C@]12C. The lowest BCUT2D eigenvalue weighted by Crippen LogP contribution is -2.53. The van der Waals surface area contributed by atoms with Gasteiger partial charge in [0.1, 0.15) is 0 Å². The topological polar surface area (TPSA) is 66.5 Å². The molecule has 3 aliphatic rings. The molecule has 0 aromatic heterocycles. The summed E-state index contributed by atoms with van der Waals surface area (Å²) in [6.45, 7) is 8.28. The van der Waals surface area contributed by atoms with Gasteiger partial charge in [0.25, 0.3) is 0 Å². The molecule has 140 valence electrons. The largest absolute Gasteiger partial charge is 0.396 e. The Labute approximate surface area is 148 Å². The highest BCUT2D eigenvalue weighted by atomic mass is 16.3. The van der Waals surface area contributed by atoms with Crippen LogP contribution in [0.1, 0.15) is 72.1 Å². The summed E-state index contributed by atoms with van der Waals surface area (Å²) in [6, 6.07) is 0. The van der Waals surface area contributed by atoms with Crippen molar-refractivity contribution >= 4 is 0 Å². The molecule has 8 atom stereocenters. The van der Waals surface area contributed by atoms with Gasteiger partial charge in [-0.2, -0.15) is 0 Å². The van der Waals surface area contributed by atoms with Crippen molar-refractivity contribution in [3.63, 3.8) is 0 Å². The summed E-state index contributed by atoms with van der Waals surface area (Å²) in [4.78, 5) is 0. The van der Waals surface area contributed by atoms with Gasteiger partial charge in [0.2, 0.25) is 0 Å². The summed E-state index contributed by atoms with van der Waals surface area (Å²) in [5.41, 5.74) is 6.99. The van der Waals surface area contributed by atoms with Gasteiger partial charge in [-0.15, -0.1) is 0 Å². The monoisotopic (exact) mass is 337 g/mol. The molecule has 0 radical (unpaired) electrons. The summed E-state index contributed by atoms with van der Waals surface area (Å²) >= 11 is 0. The average molecular weight is 338 g/mol. The lowest BCUT2D eigenvalue weighted by Gasteiger charge is -2.57. The molecular weight excluding hydrogens is 298 g/mol. The van der Waals surface area contributed by atoms with Gasteiger partial charge in [-0.1, -0.05) is 27.2 Å². The fraction of sp³-hybridized carbons (Fsp3) is 1.00. The smallest absolute Gasteiger partial charge is 0.0544 e. The standard InChI is InChI=1S/C21H39NO2/c1-4-14-5-6-18-17(12-22)19(8-10-20(14,18)2)21(3)9-7-16(24)11-15(21)13-23/h14-19,23-24H,4-13,22H2,1-3H3/t14?,15-,16+,17-,18+,19+,20-,21+/m1/s1. The van der Waals surface area contributed by atoms with E-state index in [0.29, 0.717) is 17.3 Å². The van der Waals surface area contributed by atoms with Crippen LogP contribution in [0.2, 0.25) is 0 Å². The van der Waals surface area contributed by atoms with E-state index in [4.69, 9.17) is 5.73 Å². The zero-order valence-electron chi connectivity index (χ0n) is 16.0. The summed E-state index contributed by atoms with van der Waals surface area (Å²) in [6.07, 6.45) is 9.08. The first-order chi connectivity index (χ1) is 11.4. The molecule has 0 aromatic carbocycles. The molecule has 0 amide bonds. The van der Waals surface area contributed by atoms with Crippen molar-refractivity contribution in [3.8, 4) is 0 Å². The zero-order valence-corrected chi connectivity index (χ0v) is 16.0. The minimum Gasteiger partial charge on any atom is -0.396 e. The van der Waals surface area contributed by atoms with E-state index in [-0.39, 0.29) is 24.0 Å². The van der Waals surface area contributed by atoms with E-state index in [1.54, 1.807) is 0 Å². The molecule has 24 heavy (non-hydrogen) atoms. The predicted octanol–water partition coefficient (Wildman–Crippen LogP) is 3.57. The first kappa shape index (κ1) is 18.7. The van der Waals surface area contributed by atoms with Crippen LogP contribution in [0.3, 0.4) is 0 Å². The maximum atomic E-state index is 10.1. The van der Waals surface area contributed by atoms with Crippen LogP contribution in [0.4, 0.5) is 0 Å². The Morgan fingerprint density at radius 2 is 1.58 bits per heavy atom. The van der Waals surface area contributed by atoms with E-state index in [1.807, 2.05) is 0 Å². The van der Waals surface area contributed by atoms with Crippen LogP contribution < -0.4 is 5.73 Å². The van der Waals surface area contributed by atoms with Crippen molar-refractivity contribution in [2.24, 2.45) is 46.2 Å². The van der Waals surface area contributed by atoms with Crippen LogP contribution in [0, 0.1) is 40.4 Å². The van der Waals surface area contributed by atoms with Crippen molar-refractivity contribution in [1.29, 1.82) is 0 Å². The summed E-state index contributed by atoms with van der Waals surface area (Å²) in [5.74, 6) is 3.06. The predicted molar refractivity (Wildman–Crippen MR) is 98.4 cm³/mol. The van der Waals surface area contributed by atoms with Gasteiger partial charge in [0.15, 0.2) is 0 Å². The molecule has 0 heterocycles. The number of aliphatic hydroxyl groups is 2. The molecule has 4 N–H and O–H groups in total. The Hall–Kier alpha value is -0.120. The maximum absolute atomic E-state index is 10.1. The second kappa shape index (κ2) is 6.89. The first-order valence-electron chi connectivity index (χ1n) is 10.4.